The molecule has 1 aromatic carbocycles. The van der Waals surface area contributed by atoms with E-state index in [0.29, 0.717) is 13.0 Å². The van der Waals surface area contributed by atoms with Gasteiger partial charge in [0.15, 0.2) is 5.56 Å². The zero-order chi connectivity index (χ0) is 14.7. The Morgan fingerprint density at radius 3 is 2.95 bits per heavy atom. The van der Waals surface area contributed by atoms with E-state index in [0.717, 1.165) is 6.42 Å². The lowest BCUT2D eigenvalue weighted by Crippen LogP contribution is -2.38. The van der Waals surface area contributed by atoms with Crippen molar-refractivity contribution in [3.05, 3.63) is 33.9 Å². The zero-order valence-corrected chi connectivity index (χ0v) is 11.1. The van der Waals surface area contributed by atoms with Crippen LogP contribution in [-0.4, -0.2) is 47.1 Å². The van der Waals surface area contributed by atoms with E-state index < -0.39 is 10.8 Å². The number of hydrogen-bond donors (Lipinski definition) is 1. The molecule has 1 fully saturated rings. The van der Waals surface area contributed by atoms with Crippen LogP contribution in [0.3, 0.4) is 0 Å². The molecular formula is C13H16N2O5. The summed E-state index contributed by atoms with van der Waals surface area (Å²) in [4.78, 5) is 24.5. The normalized spacial score (nSPS) is 18.1. The standard InChI is InChI=1S/C13H16N2O5/c1-20-11-6-2-5-10(15(18)19)12(11)13(17)14-7-3-4-9(14)8-16/h2,5-6,9,16H,3-4,7-8H2,1H3/t9-/m0/s1. The molecule has 1 aliphatic heterocycles. The van der Waals surface area contributed by atoms with Gasteiger partial charge in [-0.2, -0.15) is 0 Å². The van der Waals surface area contributed by atoms with Crippen molar-refractivity contribution in [3.63, 3.8) is 0 Å². The van der Waals surface area contributed by atoms with E-state index in [9.17, 15) is 20.0 Å². The lowest BCUT2D eigenvalue weighted by Gasteiger charge is -2.23. The molecule has 1 heterocycles. The number of benzene rings is 1. The van der Waals surface area contributed by atoms with Crippen LogP contribution >= 0.6 is 0 Å². The third-order valence-corrected chi connectivity index (χ3v) is 3.48. The van der Waals surface area contributed by atoms with Crippen molar-refractivity contribution in [2.24, 2.45) is 0 Å². The predicted octanol–water partition coefficient (Wildman–Crippen LogP) is 1.20. The van der Waals surface area contributed by atoms with Gasteiger partial charge in [-0.15, -0.1) is 0 Å². The topological polar surface area (TPSA) is 92.9 Å². The number of rotatable bonds is 4. The molecule has 1 aromatic rings. The summed E-state index contributed by atoms with van der Waals surface area (Å²) in [6.45, 7) is 0.341. The summed E-state index contributed by atoms with van der Waals surface area (Å²) in [5, 5.41) is 20.4. The molecule has 1 atom stereocenters. The second-order valence-corrected chi connectivity index (χ2v) is 4.59. The molecule has 0 saturated carbocycles. The van der Waals surface area contributed by atoms with Gasteiger partial charge < -0.3 is 14.7 Å². The summed E-state index contributed by atoms with van der Waals surface area (Å²) in [6.07, 6.45) is 1.48. The molecule has 0 aromatic heterocycles. The minimum atomic E-state index is -0.597. The number of carbonyl (C=O) groups is 1. The number of hydrogen-bond acceptors (Lipinski definition) is 5. The Balaban J connectivity index is 2.45. The molecular weight excluding hydrogens is 264 g/mol. The lowest BCUT2D eigenvalue weighted by atomic mass is 10.1. The first-order valence-corrected chi connectivity index (χ1v) is 6.33. The second kappa shape index (κ2) is 5.87. The van der Waals surface area contributed by atoms with Gasteiger partial charge in [0.1, 0.15) is 5.75 Å². The van der Waals surface area contributed by atoms with Gasteiger partial charge in [0.25, 0.3) is 11.6 Å². The SMILES string of the molecule is COc1cccc([N+](=O)[O-])c1C(=O)N1CCC[C@H]1CO. The second-order valence-electron chi connectivity index (χ2n) is 4.59. The molecule has 7 nitrogen and oxygen atoms in total. The minimum Gasteiger partial charge on any atom is -0.496 e. The molecule has 1 aliphatic rings. The van der Waals surface area contributed by atoms with E-state index in [2.05, 4.69) is 0 Å². The number of nitro groups is 1. The smallest absolute Gasteiger partial charge is 0.285 e. The Labute approximate surface area is 115 Å². The number of amides is 1. The molecule has 0 bridgehead atoms. The van der Waals surface area contributed by atoms with Crippen molar-refractivity contribution in [3.8, 4) is 5.75 Å². The Morgan fingerprint density at radius 1 is 1.60 bits per heavy atom. The summed E-state index contributed by atoms with van der Waals surface area (Å²) < 4.78 is 5.07. The molecule has 0 radical (unpaired) electrons. The molecule has 1 saturated heterocycles. The van der Waals surface area contributed by atoms with Gasteiger partial charge in [0, 0.05) is 12.6 Å². The van der Waals surface area contributed by atoms with Crippen LogP contribution in [-0.2, 0) is 0 Å². The zero-order valence-electron chi connectivity index (χ0n) is 11.1. The van der Waals surface area contributed by atoms with Crippen LogP contribution in [0.1, 0.15) is 23.2 Å². The van der Waals surface area contributed by atoms with E-state index in [1.165, 1.54) is 30.2 Å². The molecule has 1 N–H and O–H groups in total. The predicted molar refractivity (Wildman–Crippen MR) is 70.8 cm³/mol. The fourth-order valence-electron chi connectivity index (χ4n) is 2.49. The molecule has 2 rings (SSSR count). The van der Waals surface area contributed by atoms with Crippen LogP contribution in [0.5, 0.6) is 5.75 Å². The van der Waals surface area contributed by atoms with E-state index in [1.54, 1.807) is 0 Å². The van der Waals surface area contributed by atoms with Gasteiger partial charge in [-0.25, -0.2) is 0 Å². The van der Waals surface area contributed by atoms with Gasteiger partial charge in [0.05, 0.1) is 24.7 Å². The Hall–Kier alpha value is -2.15. The number of carbonyl (C=O) groups excluding carboxylic acids is 1. The van der Waals surface area contributed by atoms with Crippen LogP contribution in [0.4, 0.5) is 5.69 Å². The summed E-state index contributed by atoms with van der Waals surface area (Å²) in [7, 11) is 1.36. The average Bonchev–Trinajstić information content (AvgIpc) is 2.93. The number of ether oxygens (including phenoxy) is 1. The van der Waals surface area contributed by atoms with Gasteiger partial charge in [-0.3, -0.25) is 14.9 Å². The maximum absolute atomic E-state index is 12.6. The van der Waals surface area contributed by atoms with Crippen LogP contribution in [0.25, 0.3) is 0 Å². The number of likely N-dealkylation sites (tertiary alicyclic amines) is 1. The highest BCUT2D eigenvalue weighted by Crippen LogP contribution is 2.31. The van der Waals surface area contributed by atoms with E-state index in [-0.39, 0.29) is 29.6 Å². The molecule has 7 heteroatoms. The quantitative estimate of drug-likeness (QED) is 0.660. The largest absolute Gasteiger partial charge is 0.496 e. The molecule has 108 valence electrons. The number of nitro benzene ring substituents is 1. The average molecular weight is 280 g/mol. The lowest BCUT2D eigenvalue weighted by molar-refractivity contribution is -0.385. The third kappa shape index (κ3) is 2.44. The fourth-order valence-corrected chi connectivity index (χ4v) is 2.49. The molecule has 0 unspecified atom stereocenters. The number of methoxy groups -OCH3 is 1. The number of nitrogens with zero attached hydrogens (tertiary/aromatic N) is 2. The minimum absolute atomic E-state index is 0.0552. The summed E-state index contributed by atoms with van der Waals surface area (Å²) >= 11 is 0. The molecule has 0 spiro atoms. The van der Waals surface area contributed by atoms with Crippen LogP contribution < -0.4 is 4.74 Å². The maximum Gasteiger partial charge on any atom is 0.285 e. The first kappa shape index (κ1) is 14.3. The summed E-state index contributed by atoms with van der Waals surface area (Å²) in [6, 6.07) is 3.98. The Bertz CT molecular complexity index is 531. The van der Waals surface area contributed by atoms with Crippen LogP contribution in [0, 0.1) is 10.1 Å². The van der Waals surface area contributed by atoms with Gasteiger partial charge in [-0.05, 0) is 18.9 Å². The van der Waals surface area contributed by atoms with Crippen molar-refractivity contribution in [1.29, 1.82) is 0 Å². The summed E-state index contributed by atoms with van der Waals surface area (Å²) in [5.41, 5.74) is -0.335. The molecule has 0 aliphatic carbocycles. The van der Waals surface area contributed by atoms with Gasteiger partial charge >= 0.3 is 0 Å². The van der Waals surface area contributed by atoms with Gasteiger partial charge in [-0.1, -0.05) is 6.07 Å². The molecule has 1 amide bonds. The van der Waals surface area contributed by atoms with Crippen molar-refractivity contribution in [1.82, 2.24) is 4.90 Å². The van der Waals surface area contributed by atoms with Crippen molar-refractivity contribution in [2.45, 2.75) is 18.9 Å². The monoisotopic (exact) mass is 280 g/mol. The highest BCUT2D eigenvalue weighted by Gasteiger charge is 2.34. The fraction of sp³-hybridized carbons (Fsp3) is 0.462. The van der Waals surface area contributed by atoms with E-state index in [1.807, 2.05) is 0 Å². The van der Waals surface area contributed by atoms with Crippen molar-refractivity contribution < 1.29 is 19.6 Å². The highest BCUT2D eigenvalue weighted by molar-refractivity contribution is 6.01. The van der Waals surface area contributed by atoms with Gasteiger partial charge in [0.2, 0.25) is 0 Å². The Morgan fingerprint density at radius 2 is 2.35 bits per heavy atom. The first-order valence-electron chi connectivity index (χ1n) is 6.33. The van der Waals surface area contributed by atoms with Crippen LogP contribution in [0.2, 0.25) is 0 Å². The van der Waals surface area contributed by atoms with E-state index in [4.69, 9.17) is 4.74 Å². The Kier molecular flexibility index (Phi) is 4.19. The third-order valence-electron chi connectivity index (χ3n) is 3.48. The van der Waals surface area contributed by atoms with Crippen LogP contribution in [0.15, 0.2) is 18.2 Å². The van der Waals surface area contributed by atoms with E-state index >= 15 is 0 Å². The van der Waals surface area contributed by atoms with Crippen molar-refractivity contribution >= 4 is 11.6 Å². The number of aliphatic hydroxyl groups excluding tert-OH is 1. The molecule has 20 heavy (non-hydrogen) atoms. The maximum atomic E-state index is 12.6. The number of aliphatic hydroxyl groups is 1. The summed E-state index contributed by atoms with van der Waals surface area (Å²) in [5.74, 6) is -0.293. The first-order chi connectivity index (χ1) is 9.60. The highest BCUT2D eigenvalue weighted by atomic mass is 16.6. The van der Waals surface area contributed by atoms with Crippen molar-refractivity contribution in [2.75, 3.05) is 20.3 Å².